The Morgan fingerprint density at radius 1 is 1.12 bits per heavy atom. The van der Waals surface area contributed by atoms with Gasteiger partial charge in [0.05, 0.1) is 12.8 Å². The number of primary amides is 1. The number of nitrogens with zero attached hydrogens (tertiary/aromatic N) is 1. The smallest absolute Gasteiger partial charge is 0.254 e. The van der Waals surface area contributed by atoms with E-state index in [2.05, 4.69) is 4.99 Å². The molecule has 0 saturated heterocycles. The Balaban J connectivity index is 1.92. The molecule has 0 atom stereocenters. The molecule has 2 N–H and O–H groups in total. The summed E-state index contributed by atoms with van der Waals surface area (Å²) < 4.78 is 22.2. The Labute approximate surface area is 148 Å². The molecule has 0 bridgehead atoms. The molecule has 1 aliphatic heterocycles. The number of nitrogens with two attached hydrogens (primary N) is 1. The maximum Gasteiger partial charge on any atom is 0.254 e. The Morgan fingerprint density at radius 3 is 2.69 bits per heavy atom. The number of carbonyl (C=O) groups is 1. The van der Waals surface area contributed by atoms with Crippen LogP contribution in [0.4, 0.5) is 5.69 Å². The van der Waals surface area contributed by atoms with Crippen molar-refractivity contribution in [2.75, 3.05) is 20.3 Å². The van der Waals surface area contributed by atoms with E-state index in [1.807, 2.05) is 6.07 Å². The lowest BCUT2D eigenvalue weighted by Gasteiger charge is -2.18. The first kappa shape index (κ1) is 16.0. The molecule has 132 valence electrons. The van der Waals surface area contributed by atoms with Crippen molar-refractivity contribution >= 4 is 22.6 Å². The number of hydrogen-bond acceptors (Lipinski definition) is 6. The third-order valence-corrected chi connectivity index (χ3v) is 3.98. The standard InChI is InChI=1S/C19H16N2O5/c1-23-15-4-2-3-11-9-13(18(20)22)19(26-17(11)15)21-12-5-6-14-16(10-12)25-8-7-24-14/h2-6,9-10H,7-8H2,1H3,(H2,20,22). The predicted octanol–water partition coefficient (Wildman–Crippen LogP) is 2.54. The number of benzene rings is 2. The van der Waals surface area contributed by atoms with Gasteiger partial charge in [0.2, 0.25) is 5.55 Å². The Bertz CT molecular complexity index is 1070. The minimum atomic E-state index is -0.630. The van der Waals surface area contributed by atoms with Crippen molar-refractivity contribution in [2.24, 2.45) is 10.7 Å². The van der Waals surface area contributed by atoms with E-state index in [-0.39, 0.29) is 11.1 Å². The number of ether oxygens (including phenoxy) is 3. The SMILES string of the molecule is COc1cccc2cc(C(N)=O)c(=Nc3ccc4c(c3)OCCO4)oc12. The van der Waals surface area contributed by atoms with E-state index in [1.54, 1.807) is 43.5 Å². The number of hydrogen-bond donors (Lipinski definition) is 1. The molecule has 26 heavy (non-hydrogen) atoms. The van der Waals surface area contributed by atoms with Crippen molar-refractivity contribution in [1.29, 1.82) is 0 Å². The van der Waals surface area contributed by atoms with Crippen LogP contribution in [0.1, 0.15) is 10.4 Å². The molecule has 4 rings (SSSR count). The van der Waals surface area contributed by atoms with Gasteiger partial charge in [-0.05, 0) is 24.3 Å². The molecule has 3 aromatic rings. The molecule has 2 aromatic carbocycles. The van der Waals surface area contributed by atoms with Crippen LogP contribution in [0.2, 0.25) is 0 Å². The molecule has 0 saturated carbocycles. The molecular formula is C19H16N2O5. The Morgan fingerprint density at radius 2 is 1.92 bits per heavy atom. The van der Waals surface area contributed by atoms with Crippen LogP contribution in [0.5, 0.6) is 17.2 Å². The molecule has 0 aliphatic carbocycles. The van der Waals surface area contributed by atoms with Crippen molar-refractivity contribution < 1.29 is 23.4 Å². The van der Waals surface area contributed by atoms with Gasteiger partial charge in [0.15, 0.2) is 22.8 Å². The summed E-state index contributed by atoms with van der Waals surface area (Å²) in [6.45, 7) is 0.982. The van der Waals surface area contributed by atoms with Gasteiger partial charge in [0, 0.05) is 11.5 Å². The molecular weight excluding hydrogens is 336 g/mol. The molecule has 1 aromatic heterocycles. The van der Waals surface area contributed by atoms with Crippen LogP contribution in [0.3, 0.4) is 0 Å². The molecule has 7 nitrogen and oxygen atoms in total. The van der Waals surface area contributed by atoms with Gasteiger partial charge >= 0.3 is 0 Å². The van der Waals surface area contributed by atoms with Crippen LogP contribution in [0, 0.1) is 0 Å². The van der Waals surface area contributed by atoms with E-state index in [4.69, 9.17) is 24.4 Å². The summed E-state index contributed by atoms with van der Waals surface area (Å²) in [7, 11) is 1.55. The van der Waals surface area contributed by atoms with E-state index in [0.29, 0.717) is 47.1 Å². The minimum absolute atomic E-state index is 0.103. The fourth-order valence-corrected chi connectivity index (χ4v) is 2.76. The summed E-state index contributed by atoms with van der Waals surface area (Å²) in [5, 5.41) is 0.694. The van der Waals surface area contributed by atoms with Gasteiger partial charge in [-0.25, -0.2) is 4.99 Å². The summed E-state index contributed by atoms with van der Waals surface area (Å²) in [5.41, 5.74) is 6.82. The van der Waals surface area contributed by atoms with Gasteiger partial charge in [-0.1, -0.05) is 12.1 Å². The van der Waals surface area contributed by atoms with Crippen molar-refractivity contribution in [3.8, 4) is 17.2 Å². The number of methoxy groups -OCH3 is 1. The van der Waals surface area contributed by atoms with Gasteiger partial charge in [-0.3, -0.25) is 4.79 Å². The average Bonchev–Trinajstić information content (AvgIpc) is 2.66. The molecule has 1 aliphatic rings. The summed E-state index contributed by atoms with van der Waals surface area (Å²) in [4.78, 5) is 16.3. The van der Waals surface area contributed by atoms with E-state index in [1.165, 1.54) is 0 Å². The minimum Gasteiger partial charge on any atom is -0.493 e. The number of carbonyl (C=O) groups excluding carboxylic acids is 1. The predicted molar refractivity (Wildman–Crippen MR) is 93.9 cm³/mol. The topological polar surface area (TPSA) is 96.3 Å². The zero-order chi connectivity index (χ0) is 18.1. The van der Waals surface area contributed by atoms with Gasteiger partial charge in [0.1, 0.15) is 18.8 Å². The highest BCUT2D eigenvalue weighted by Gasteiger charge is 2.14. The second kappa shape index (κ2) is 6.44. The van der Waals surface area contributed by atoms with Crippen molar-refractivity contribution in [1.82, 2.24) is 0 Å². The maximum absolute atomic E-state index is 11.9. The van der Waals surface area contributed by atoms with E-state index >= 15 is 0 Å². The van der Waals surface area contributed by atoms with E-state index in [0.717, 1.165) is 0 Å². The molecule has 7 heteroatoms. The molecule has 0 fully saturated rings. The van der Waals surface area contributed by atoms with Crippen LogP contribution in [0.15, 0.2) is 51.9 Å². The normalized spacial score (nSPS) is 13.7. The third-order valence-electron chi connectivity index (χ3n) is 3.98. The summed E-state index contributed by atoms with van der Waals surface area (Å²) in [6.07, 6.45) is 0. The van der Waals surface area contributed by atoms with E-state index < -0.39 is 5.91 Å². The first-order valence-corrected chi connectivity index (χ1v) is 8.01. The molecule has 0 radical (unpaired) electrons. The lowest BCUT2D eigenvalue weighted by molar-refractivity contribution is 0.0996. The van der Waals surface area contributed by atoms with Gasteiger partial charge < -0.3 is 24.4 Å². The molecule has 0 unspecified atom stereocenters. The zero-order valence-corrected chi connectivity index (χ0v) is 14.0. The number of rotatable bonds is 3. The second-order valence-electron chi connectivity index (χ2n) is 5.65. The van der Waals surface area contributed by atoms with Gasteiger partial charge in [0.25, 0.3) is 5.91 Å². The summed E-state index contributed by atoms with van der Waals surface area (Å²) in [5.74, 6) is 1.16. The zero-order valence-electron chi connectivity index (χ0n) is 14.0. The van der Waals surface area contributed by atoms with Crippen molar-refractivity contribution in [3.63, 3.8) is 0 Å². The quantitative estimate of drug-likeness (QED) is 0.781. The van der Waals surface area contributed by atoms with Crippen molar-refractivity contribution in [3.05, 3.63) is 53.6 Å². The highest BCUT2D eigenvalue weighted by molar-refractivity contribution is 5.96. The maximum atomic E-state index is 11.9. The van der Waals surface area contributed by atoms with Crippen LogP contribution in [0.25, 0.3) is 11.0 Å². The first-order chi connectivity index (χ1) is 12.7. The third kappa shape index (κ3) is 2.83. The summed E-state index contributed by atoms with van der Waals surface area (Å²) >= 11 is 0. The average molecular weight is 352 g/mol. The monoisotopic (exact) mass is 352 g/mol. The van der Waals surface area contributed by atoms with Gasteiger partial charge in [-0.15, -0.1) is 0 Å². The van der Waals surface area contributed by atoms with Crippen LogP contribution in [-0.2, 0) is 0 Å². The van der Waals surface area contributed by atoms with Crippen LogP contribution < -0.4 is 25.5 Å². The Kier molecular flexibility index (Phi) is 3.96. The summed E-state index contributed by atoms with van der Waals surface area (Å²) in [6, 6.07) is 12.3. The second-order valence-corrected chi connectivity index (χ2v) is 5.65. The number of amides is 1. The lowest BCUT2D eigenvalue weighted by atomic mass is 10.1. The molecule has 1 amide bonds. The fourth-order valence-electron chi connectivity index (χ4n) is 2.76. The first-order valence-electron chi connectivity index (χ1n) is 8.01. The van der Waals surface area contributed by atoms with E-state index in [9.17, 15) is 4.79 Å². The molecule has 2 heterocycles. The largest absolute Gasteiger partial charge is 0.493 e. The highest BCUT2D eigenvalue weighted by Crippen LogP contribution is 2.33. The fraction of sp³-hybridized carbons (Fsp3) is 0.158. The van der Waals surface area contributed by atoms with Crippen LogP contribution in [-0.4, -0.2) is 26.2 Å². The van der Waals surface area contributed by atoms with Crippen LogP contribution >= 0.6 is 0 Å². The number of fused-ring (bicyclic) bond motifs is 2. The molecule has 0 spiro atoms. The Hall–Kier alpha value is -3.48. The highest BCUT2D eigenvalue weighted by atomic mass is 16.6. The van der Waals surface area contributed by atoms with Gasteiger partial charge in [-0.2, -0.15) is 0 Å². The number of para-hydroxylation sites is 1. The van der Waals surface area contributed by atoms with Crippen molar-refractivity contribution in [2.45, 2.75) is 0 Å². The lowest BCUT2D eigenvalue weighted by Crippen LogP contribution is -2.21.